The van der Waals surface area contributed by atoms with Gasteiger partial charge in [0.1, 0.15) is 11.3 Å². The van der Waals surface area contributed by atoms with E-state index in [1.165, 1.54) is 6.08 Å². The summed E-state index contributed by atoms with van der Waals surface area (Å²) in [6.45, 7) is 1.87. The Kier molecular flexibility index (Phi) is 5.12. The highest BCUT2D eigenvalue weighted by atomic mass is 19.4. The van der Waals surface area contributed by atoms with E-state index in [1.54, 1.807) is 23.4 Å². The third kappa shape index (κ3) is 3.96. The van der Waals surface area contributed by atoms with Gasteiger partial charge < -0.3 is 20.5 Å². The average Bonchev–Trinajstić information content (AvgIpc) is 3.06. The maximum Gasteiger partial charge on any atom is 0.391 e. The number of anilines is 1. The normalized spacial score (nSPS) is 22.5. The third-order valence-corrected chi connectivity index (χ3v) is 5.69. The van der Waals surface area contributed by atoms with Gasteiger partial charge in [-0.2, -0.15) is 13.2 Å². The summed E-state index contributed by atoms with van der Waals surface area (Å²) in [6.07, 6.45) is 1.67. The van der Waals surface area contributed by atoms with E-state index >= 15 is 0 Å². The van der Waals surface area contributed by atoms with Gasteiger partial charge in [-0.05, 0) is 18.9 Å². The fraction of sp³-hybridized carbons (Fsp3) is 0.474. The Labute approximate surface area is 169 Å². The summed E-state index contributed by atoms with van der Waals surface area (Å²) in [5.74, 6) is -2.01. The molecule has 1 saturated carbocycles. The highest BCUT2D eigenvalue weighted by molar-refractivity contribution is 5.93. The molecule has 0 atom stereocenters. The first-order valence-electron chi connectivity index (χ1n) is 9.64. The summed E-state index contributed by atoms with van der Waals surface area (Å²) in [4.78, 5) is 39.0. The lowest BCUT2D eigenvalue weighted by atomic mass is 9.73. The molecule has 3 N–H and O–H groups in total. The van der Waals surface area contributed by atoms with E-state index in [9.17, 15) is 22.8 Å². The second kappa shape index (κ2) is 7.62. The number of halogens is 3. The maximum atomic E-state index is 12.6. The third-order valence-electron chi connectivity index (χ3n) is 5.69. The van der Waals surface area contributed by atoms with E-state index in [0.29, 0.717) is 48.7 Å². The second-order valence-electron chi connectivity index (χ2n) is 7.62. The minimum absolute atomic E-state index is 0.111. The summed E-state index contributed by atoms with van der Waals surface area (Å²) in [5, 5.41) is 0. The highest BCUT2D eigenvalue weighted by Crippen LogP contribution is 2.45. The van der Waals surface area contributed by atoms with E-state index in [2.05, 4.69) is 15.0 Å². The fourth-order valence-electron chi connectivity index (χ4n) is 3.85. The Morgan fingerprint density at radius 1 is 1.20 bits per heavy atom. The number of aromatic nitrogens is 3. The number of fused-ring (bicyclic) bond motifs is 1. The van der Waals surface area contributed by atoms with Crippen molar-refractivity contribution in [3.8, 4) is 0 Å². The number of hydrogen-bond acceptors (Lipinski definition) is 5. The molecule has 4 rings (SSSR count). The number of H-pyrrole nitrogens is 1. The van der Waals surface area contributed by atoms with Gasteiger partial charge in [-0.15, -0.1) is 0 Å². The summed E-state index contributed by atoms with van der Waals surface area (Å²) < 4.78 is 37.9. The predicted molar refractivity (Wildman–Crippen MR) is 103 cm³/mol. The Balaban J connectivity index is 1.38. The Hall–Kier alpha value is -3.11. The van der Waals surface area contributed by atoms with Gasteiger partial charge in [0.2, 0.25) is 11.8 Å². The van der Waals surface area contributed by atoms with Crippen LogP contribution in [-0.4, -0.2) is 64.0 Å². The molecule has 1 saturated heterocycles. The number of nitrogens with two attached hydrogens (primary N) is 1. The van der Waals surface area contributed by atoms with Crippen LogP contribution in [0.25, 0.3) is 17.2 Å². The zero-order valence-corrected chi connectivity index (χ0v) is 16.0. The minimum atomic E-state index is -4.21. The van der Waals surface area contributed by atoms with Gasteiger partial charge in [-0.25, -0.2) is 9.97 Å². The summed E-state index contributed by atoms with van der Waals surface area (Å²) in [6, 6.07) is 0. The summed E-state index contributed by atoms with van der Waals surface area (Å²) >= 11 is 0. The molecule has 2 aliphatic rings. The summed E-state index contributed by atoms with van der Waals surface area (Å²) in [5.41, 5.74) is 6.97. The molecule has 2 aromatic rings. The number of rotatable bonds is 4. The number of nitrogens with one attached hydrogen (secondary N) is 1. The molecule has 8 nitrogen and oxygen atoms in total. The first-order chi connectivity index (χ1) is 14.2. The van der Waals surface area contributed by atoms with Crippen molar-refractivity contribution in [1.29, 1.82) is 0 Å². The van der Waals surface area contributed by atoms with Crippen LogP contribution in [0, 0.1) is 11.8 Å². The van der Waals surface area contributed by atoms with Gasteiger partial charge in [0.15, 0.2) is 5.65 Å². The summed E-state index contributed by atoms with van der Waals surface area (Å²) in [7, 11) is 0. The highest BCUT2D eigenvalue weighted by Gasteiger charge is 2.50. The number of hydrogen-bond donors (Lipinski definition) is 2. The van der Waals surface area contributed by atoms with Crippen LogP contribution < -0.4 is 10.6 Å². The van der Waals surface area contributed by atoms with Crippen LogP contribution in [-0.2, 0) is 9.59 Å². The molecule has 0 bridgehead atoms. The number of aromatic amines is 1. The number of carbonyl (C=O) groups is 2. The number of amides is 2. The zero-order chi connectivity index (χ0) is 21.5. The van der Waals surface area contributed by atoms with Crippen molar-refractivity contribution in [3.05, 3.63) is 24.0 Å². The van der Waals surface area contributed by atoms with Crippen molar-refractivity contribution in [2.45, 2.75) is 19.0 Å². The quantitative estimate of drug-likeness (QED) is 0.729. The average molecular weight is 422 g/mol. The molecule has 0 aromatic carbocycles. The number of carbonyl (C=O) groups excluding carboxylic acids is 2. The monoisotopic (exact) mass is 422 g/mol. The molecule has 2 aromatic heterocycles. The van der Waals surface area contributed by atoms with Crippen molar-refractivity contribution in [3.63, 3.8) is 0 Å². The molecule has 0 spiro atoms. The first kappa shape index (κ1) is 20.2. The van der Waals surface area contributed by atoms with Crippen LogP contribution in [0.15, 0.2) is 18.5 Å². The molecule has 1 aliphatic heterocycles. The molecule has 3 heterocycles. The molecule has 2 fully saturated rings. The topological polar surface area (TPSA) is 108 Å². The minimum Gasteiger partial charge on any atom is -0.366 e. The van der Waals surface area contributed by atoms with Gasteiger partial charge in [0.25, 0.3) is 0 Å². The fourth-order valence-corrected chi connectivity index (χ4v) is 3.85. The van der Waals surface area contributed by atoms with Crippen molar-refractivity contribution in [2.75, 3.05) is 31.1 Å². The molecular formula is C19H21F3N6O2. The SMILES string of the molecule is NC(=O)/C=C/c1c[nH]c2ncc(N3CCN(C(=O)[C@H]4C[C@H](C(F)(F)F)C4)CC3)nc12. The molecule has 2 amide bonds. The molecule has 0 unspecified atom stereocenters. The van der Waals surface area contributed by atoms with E-state index in [1.807, 2.05) is 4.90 Å². The molecule has 160 valence electrons. The van der Waals surface area contributed by atoms with Gasteiger partial charge >= 0.3 is 6.18 Å². The van der Waals surface area contributed by atoms with Gasteiger partial charge in [-0.1, -0.05) is 0 Å². The van der Waals surface area contributed by atoms with Crippen LogP contribution in [0.1, 0.15) is 18.4 Å². The van der Waals surface area contributed by atoms with Crippen molar-refractivity contribution in [1.82, 2.24) is 19.9 Å². The van der Waals surface area contributed by atoms with Gasteiger partial charge in [-0.3, -0.25) is 9.59 Å². The Bertz CT molecular complexity index is 988. The smallest absolute Gasteiger partial charge is 0.366 e. The lowest BCUT2D eigenvalue weighted by Gasteiger charge is -2.41. The number of piperazine rings is 1. The van der Waals surface area contributed by atoms with Crippen LogP contribution >= 0.6 is 0 Å². The number of nitrogens with zero attached hydrogens (tertiary/aromatic N) is 4. The number of alkyl halides is 3. The van der Waals surface area contributed by atoms with Crippen LogP contribution in [0.3, 0.4) is 0 Å². The molecule has 1 aliphatic carbocycles. The van der Waals surface area contributed by atoms with E-state index < -0.39 is 23.9 Å². The van der Waals surface area contributed by atoms with Crippen molar-refractivity contribution < 1.29 is 22.8 Å². The largest absolute Gasteiger partial charge is 0.391 e. The van der Waals surface area contributed by atoms with E-state index in [0.717, 1.165) is 0 Å². The Morgan fingerprint density at radius 3 is 2.53 bits per heavy atom. The maximum absolute atomic E-state index is 12.6. The van der Waals surface area contributed by atoms with Crippen molar-refractivity contribution >= 4 is 34.9 Å². The van der Waals surface area contributed by atoms with Crippen LogP contribution in [0.2, 0.25) is 0 Å². The lowest BCUT2D eigenvalue weighted by Crippen LogP contribution is -2.53. The van der Waals surface area contributed by atoms with Gasteiger partial charge in [0, 0.05) is 49.9 Å². The van der Waals surface area contributed by atoms with Crippen LogP contribution in [0.4, 0.5) is 19.0 Å². The predicted octanol–water partition coefficient (Wildman–Crippen LogP) is 1.69. The zero-order valence-electron chi connectivity index (χ0n) is 16.0. The standard InChI is InChI=1S/C19H21F3N6O2/c20-19(21,22)13-7-12(8-13)18(30)28-5-3-27(4-6-28)15-10-25-17-16(26-15)11(9-24-17)1-2-14(23)29/h1-2,9-10,12-13H,3-8H2,(H2,23,29)(H,24,25)/b2-1+/t12-,13-. The van der Waals surface area contributed by atoms with Crippen LogP contribution in [0.5, 0.6) is 0 Å². The van der Waals surface area contributed by atoms with Gasteiger partial charge in [0.05, 0.1) is 12.1 Å². The second-order valence-corrected chi connectivity index (χ2v) is 7.62. The molecular weight excluding hydrogens is 401 g/mol. The Morgan fingerprint density at radius 2 is 1.90 bits per heavy atom. The van der Waals surface area contributed by atoms with E-state index in [-0.39, 0.29) is 18.7 Å². The van der Waals surface area contributed by atoms with E-state index in [4.69, 9.17) is 5.73 Å². The lowest BCUT2D eigenvalue weighted by molar-refractivity contribution is -0.206. The number of primary amides is 1. The molecule has 30 heavy (non-hydrogen) atoms. The first-order valence-corrected chi connectivity index (χ1v) is 9.64. The molecule has 0 radical (unpaired) electrons. The van der Waals surface area contributed by atoms with Crippen molar-refractivity contribution in [2.24, 2.45) is 17.6 Å². The molecule has 11 heteroatoms.